The highest BCUT2D eigenvalue weighted by Gasteiger charge is 2.19. The Morgan fingerprint density at radius 2 is 0.941 bits per heavy atom. The molecule has 0 N–H and O–H groups in total. The Morgan fingerprint density at radius 3 is 1.59 bits per heavy atom. The van der Waals surface area contributed by atoms with Crippen molar-refractivity contribution in [2.45, 2.75) is 13.3 Å². The molecule has 1 unspecified atom stereocenters. The summed E-state index contributed by atoms with van der Waals surface area (Å²) >= 11 is 0. The molecule has 0 amide bonds. The van der Waals surface area contributed by atoms with Crippen molar-refractivity contribution < 1.29 is 0 Å². The molecule has 51 heavy (non-hydrogen) atoms. The Bertz CT molecular complexity index is 2830. The Balaban J connectivity index is 1.18. The van der Waals surface area contributed by atoms with Gasteiger partial charge in [-0.15, -0.1) is 0 Å². The fourth-order valence-electron chi connectivity index (χ4n) is 8.20. The molecule has 0 fully saturated rings. The zero-order valence-corrected chi connectivity index (χ0v) is 28.5. The summed E-state index contributed by atoms with van der Waals surface area (Å²) < 4.78 is 4.90. The first-order valence-corrected chi connectivity index (χ1v) is 17.9. The van der Waals surface area contributed by atoms with Gasteiger partial charge in [-0.2, -0.15) is 0 Å². The summed E-state index contributed by atoms with van der Waals surface area (Å²) in [5.41, 5.74) is 14.6. The van der Waals surface area contributed by atoms with E-state index < -0.39 is 0 Å². The zero-order chi connectivity index (χ0) is 33.9. The monoisotopic (exact) mass is 652 g/mol. The first-order chi connectivity index (χ1) is 25.2. The van der Waals surface area contributed by atoms with Crippen LogP contribution in [0.2, 0.25) is 0 Å². The summed E-state index contributed by atoms with van der Waals surface area (Å²) in [6.07, 6.45) is 8.08. The largest absolute Gasteiger partial charge is 0.310 e. The molecule has 0 saturated heterocycles. The van der Waals surface area contributed by atoms with Gasteiger partial charge >= 0.3 is 0 Å². The Labute approximate surface area is 297 Å². The van der Waals surface area contributed by atoms with Gasteiger partial charge in [0.15, 0.2) is 0 Å². The molecule has 1 aliphatic rings. The molecule has 0 aliphatic heterocycles. The molecule has 9 aromatic rings. The van der Waals surface area contributed by atoms with Gasteiger partial charge < -0.3 is 9.13 Å². The molecule has 10 rings (SSSR count). The lowest BCUT2D eigenvalue weighted by atomic mass is 9.98. The smallest absolute Gasteiger partial charge is 0.0546 e. The van der Waals surface area contributed by atoms with E-state index in [1.165, 1.54) is 88.4 Å². The molecule has 0 radical (unpaired) electrons. The second kappa shape index (κ2) is 11.9. The Morgan fingerprint density at radius 1 is 0.431 bits per heavy atom. The van der Waals surface area contributed by atoms with E-state index in [1.807, 2.05) is 0 Å². The maximum atomic E-state index is 2.46. The number of para-hydroxylation sites is 2. The van der Waals surface area contributed by atoms with E-state index in [-0.39, 0.29) is 0 Å². The predicted octanol–water partition coefficient (Wildman–Crippen LogP) is 13.3. The third-order valence-corrected chi connectivity index (χ3v) is 10.6. The summed E-state index contributed by atoms with van der Waals surface area (Å²) in [5.74, 6) is 0.527. The SMILES string of the molecule is CC1C=C(n2c3ccccc3c3cc(-c4ccc5c(c4)c4ccccc4n5-c4cc(-c5ccccc5)ccc4-c4ccccc4)ccc32)C=CC1. The van der Waals surface area contributed by atoms with Crippen LogP contribution in [0.3, 0.4) is 0 Å². The van der Waals surface area contributed by atoms with Crippen molar-refractivity contribution in [3.8, 4) is 39.1 Å². The van der Waals surface area contributed by atoms with Crippen molar-refractivity contribution in [2.24, 2.45) is 5.92 Å². The summed E-state index contributed by atoms with van der Waals surface area (Å²) in [5, 5.41) is 5.07. The number of benzene rings is 7. The van der Waals surface area contributed by atoms with Crippen molar-refractivity contribution in [1.82, 2.24) is 9.13 Å². The molecule has 242 valence electrons. The topological polar surface area (TPSA) is 9.86 Å². The van der Waals surface area contributed by atoms with Crippen molar-refractivity contribution >= 4 is 49.3 Å². The van der Waals surface area contributed by atoms with E-state index in [2.05, 4.69) is 198 Å². The molecule has 1 atom stereocenters. The lowest BCUT2D eigenvalue weighted by molar-refractivity contribution is 0.735. The van der Waals surface area contributed by atoms with Crippen LogP contribution in [0.15, 0.2) is 182 Å². The van der Waals surface area contributed by atoms with Gasteiger partial charge in [0.25, 0.3) is 0 Å². The van der Waals surface area contributed by atoms with Gasteiger partial charge in [0, 0.05) is 32.8 Å². The maximum absolute atomic E-state index is 2.46. The van der Waals surface area contributed by atoms with Gasteiger partial charge in [0.1, 0.15) is 0 Å². The van der Waals surface area contributed by atoms with Crippen molar-refractivity contribution in [3.05, 3.63) is 182 Å². The van der Waals surface area contributed by atoms with Crippen LogP contribution in [0, 0.1) is 5.92 Å². The van der Waals surface area contributed by atoms with Crippen molar-refractivity contribution in [2.75, 3.05) is 0 Å². The number of fused-ring (bicyclic) bond motifs is 6. The average Bonchev–Trinajstić information content (AvgIpc) is 3.70. The molecule has 1 aliphatic carbocycles. The van der Waals surface area contributed by atoms with E-state index in [9.17, 15) is 0 Å². The molecule has 0 bridgehead atoms. The third-order valence-electron chi connectivity index (χ3n) is 10.6. The highest BCUT2D eigenvalue weighted by Crippen LogP contribution is 2.41. The molecular weight excluding hydrogens is 617 g/mol. The summed E-state index contributed by atoms with van der Waals surface area (Å²) in [4.78, 5) is 0. The van der Waals surface area contributed by atoms with Crippen LogP contribution in [0.1, 0.15) is 13.3 Å². The number of hydrogen-bond acceptors (Lipinski definition) is 0. The minimum atomic E-state index is 0.527. The number of nitrogens with zero attached hydrogens (tertiary/aromatic N) is 2. The van der Waals surface area contributed by atoms with Crippen LogP contribution in [0.25, 0.3) is 88.4 Å². The van der Waals surface area contributed by atoms with Gasteiger partial charge in [0.2, 0.25) is 0 Å². The summed E-state index contributed by atoms with van der Waals surface area (Å²) in [6.45, 7) is 2.30. The summed E-state index contributed by atoms with van der Waals surface area (Å²) in [7, 11) is 0. The van der Waals surface area contributed by atoms with Gasteiger partial charge in [-0.1, -0.05) is 140 Å². The van der Waals surface area contributed by atoms with E-state index in [4.69, 9.17) is 0 Å². The molecule has 0 saturated carbocycles. The predicted molar refractivity (Wildman–Crippen MR) is 217 cm³/mol. The van der Waals surface area contributed by atoms with Crippen LogP contribution in [-0.2, 0) is 0 Å². The minimum absolute atomic E-state index is 0.527. The third kappa shape index (κ3) is 4.87. The average molecular weight is 653 g/mol. The van der Waals surface area contributed by atoms with Gasteiger partial charge in [-0.3, -0.25) is 0 Å². The lowest BCUT2D eigenvalue weighted by Gasteiger charge is -2.16. The zero-order valence-electron chi connectivity index (χ0n) is 28.5. The van der Waals surface area contributed by atoms with Gasteiger partial charge in [-0.05, 0) is 88.7 Å². The second-order valence-corrected chi connectivity index (χ2v) is 13.8. The molecule has 7 aromatic carbocycles. The molecule has 2 nitrogen and oxygen atoms in total. The molecule has 2 heteroatoms. The lowest BCUT2D eigenvalue weighted by Crippen LogP contribution is -2.01. The summed E-state index contributed by atoms with van der Waals surface area (Å²) in [6, 6.07) is 60.0. The van der Waals surface area contributed by atoms with Crippen LogP contribution >= 0.6 is 0 Å². The fraction of sp³-hybridized carbons (Fsp3) is 0.0612. The molecule has 0 spiro atoms. The molecule has 2 heterocycles. The number of hydrogen-bond donors (Lipinski definition) is 0. The van der Waals surface area contributed by atoms with Gasteiger partial charge in [-0.25, -0.2) is 0 Å². The van der Waals surface area contributed by atoms with Gasteiger partial charge in [0.05, 0.1) is 27.8 Å². The highest BCUT2D eigenvalue weighted by atomic mass is 15.0. The van der Waals surface area contributed by atoms with Crippen LogP contribution < -0.4 is 0 Å². The van der Waals surface area contributed by atoms with Crippen LogP contribution in [0.4, 0.5) is 0 Å². The number of rotatable bonds is 5. The Hall–Kier alpha value is -6.38. The molecular formula is C49H36N2. The normalized spacial score (nSPS) is 14.5. The van der Waals surface area contributed by atoms with E-state index in [0.717, 1.165) is 6.42 Å². The quantitative estimate of drug-likeness (QED) is 0.175. The van der Waals surface area contributed by atoms with Crippen LogP contribution in [0.5, 0.6) is 0 Å². The highest BCUT2D eigenvalue weighted by molar-refractivity contribution is 6.13. The van der Waals surface area contributed by atoms with Crippen molar-refractivity contribution in [3.63, 3.8) is 0 Å². The van der Waals surface area contributed by atoms with E-state index in [1.54, 1.807) is 0 Å². The van der Waals surface area contributed by atoms with Crippen molar-refractivity contribution in [1.29, 1.82) is 0 Å². The Kier molecular flexibility index (Phi) is 6.89. The maximum Gasteiger partial charge on any atom is 0.0546 e. The molecule has 2 aromatic heterocycles. The minimum Gasteiger partial charge on any atom is -0.310 e. The first-order valence-electron chi connectivity index (χ1n) is 17.9. The van der Waals surface area contributed by atoms with E-state index in [0.29, 0.717) is 5.92 Å². The number of aromatic nitrogens is 2. The fourth-order valence-corrected chi connectivity index (χ4v) is 8.20. The van der Waals surface area contributed by atoms with Crippen LogP contribution in [-0.4, -0.2) is 9.13 Å². The first kappa shape index (κ1) is 29.5. The second-order valence-electron chi connectivity index (χ2n) is 13.8. The standard InChI is InChI=1S/C49H36N2/c1-33-13-12-18-39(29-33)50-45-21-10-8-19-41(45)43-30-36(24-27-47(43)50)37-25-28-48-44(31-37)42-20-9-11-22-46(42)51(48)49-32-38(34-14-4-2-5-15-34)23-26-40(49)35-16-6-3-7-17-35/h2-12,14-33H,13H2,1H3. The van der Waals surface area contributed by atoms with E-state index >= 15 is 0 Å². The number of allylic oxidation sites excluding steroid dienone is 4.